The Kier molecular flexibility index (Phi) is 7.30. The van der Waals surface area contributed by atoms with Crippen LogP contribution < -0.4 is 14.5 Å². The number of ether oxygens (including phenoxy) is 1. The van der Waals surface area contributed by atoms with Crippen LogP contribution in [0.4, 0.5) is 5.13 Å². The maximum atomic E-state index is 13.0. The SMILES string of the molecule is COc1ccc2nc(N(CC[NH+](C)C)C(=O)CCSc3ccccc3)sc2c1. The van der Waals surface area contributed by atoms with Gasteiger partial charge in [0, 0.05) is 17.1 Å². The predicted octanol–water partition coefficient (Wildman–Crippen LogP) is 2.96. The van der Waals surface area contributed by atoms with E-state index in [1.54, 1.807) is 30.2 Å². The Morgan fingerprint density at radius 1 is 1.21 bits per heavy atom. The first-order valence-corrected chi connectivity index (χ1v) is 11.1. The quantitative estimate of drug-likeness (QED) is 0.545. The monoisotopic (exact) mass is 416 g/mol. The number of thioether (sulfide) groups is 1. The molecule has 3 aromatic rings. The number of benzene rings is 2. The van der Waals surface area contributed by atoms with Gasteiger partial charge in [0.1, 0.15) is 5.75 Å². The molecule has 0 aliphatic rings. The number of quaternary nitrogens is 1. The first-order chi connectivity index (χ1) is 13.6. The van der Waals surface area contributed by atoms with E-state index in [0.717, 1.165) is 33.4 Å². The van der Waals surface area contributed by atoms with Crippen molar-refractivity contribution in [2.75, 3.05) is 44.9 Å². The number of likely N-dealkylation sites (N-methyl/N-ethyl adjacent to an activating group) is 1. The van der Waals surface area contributed by atoms with Crippen LogP contribution in [-0.4, -0.2) is 50.9 Å². The largest absolute Gasteiger partial charge is 0.497 e. The average molecular weight is 417 g/mol. The van der Waals surface area contributed by atoms with E-state index >= 15 is 0 Å². The van der Waals surface area contributed by atoms with Gasteiger partial charge in [0.25, 0.3) is 0 Å². The Bertz CT molecular complexity index is 912. The molecule has 28 heavy (non-hydrogen) atoms. The number of methoxy groups -OCH3 is 1. The van der Waals surface area contributed by atoms with Gasteiger partial charge in [0.15, 0.2) is 5.13 Å². The van der Waals surface area contributed by atoms with Crippen molar-refractivity contribution in [3.63, 3.8) is 0 Å². The van der Waals surface area contributed by atoms with Crippen LogP contribution in [0.5, 0.6) is 5.75 Å². The van der Waals surface area contributed by atoms with Crippen LogP contribution in [-0.2, 0) is 4.79 Å². The standard InChI is InChI=1S/C21H25N3O2S2/c1-23(2)12-13-24(20(25)11-14-27-17-7-5-4-6-8-17)21-22-18-10-9-16(26-3)15-19(18)28-21/h4-10,15H,11-14H2,1-3H3/p+1. The molecule has 0 unspecified atom stereocenters. The van der Waals surface area contributed by atoms with E-state index in [0.29, 0.717) is 13.0 Å². The molecular weight excluding hydrogens is 390 g/mol. The molecule has 0 radical (unpaired) electrons. The number of fused-ring (bicyclic) bond motifs is 1. The van der Waals surface area contributed by atoms with E-state index in [1.807, 2.05) is 41.3 Å². The Balaban J connectivity index is 1.73. The highest BCUT2D eigenvalue weighted by molar-refractivity contribution is 7.99. The molecule has 0 bridgehead atoms. The highest BCUT2D eigenvalue weighted by Crippen LogP contribution is 2.32. The molecule has 0 fully saturated rings. The minimum absolute atomic E-state index is 0.121. The lowest BCUT2D eigenvalue weighted by atomic mass is 10.3. The van der Waals surface area contributed by atoms with Crippen molar-refractivity contribution >= 4 is 44.4 Å². The molecule has 7 heteroatoms. The van der Waals surface area contributed by atoms with Crippen molar-refractivity contribution in [1.29, 1.82) is 0 Å². The summed E-state index contributed by atoms with van der Waals surface area (Å²) in [4.78, 5) is 22.0. The van der Waals surface area contributed by atoms with Crippen LogP contribution in [0.15, 0.2) is 53.4 Å². The van der Waals surface area contributed by atoms with Gasteiger partial charge in [-0.1, -0.05) is 29.5 Å². The fourth-order valence-electron chi connectivity index (χ4n) is 2.71. The summed E-state index contributed by atoms with van der Waals surface area (Å²) in [5, 5.41) is 0.763. The number of aromatic nitrogens is 1. The normalized spacial score (nSPS) is 11.1. The van der Waals surface area contributed by atoms with Gasteiger partial charge in [-0.25, -0.2) is 4.98 Å². The summed E-state index contributed by atoms with van der Waals surface area (Å²) in [6, 6.07) is 16.0. The molecule has 1 heterocycles. The van der Waals surface area contributed by atoms with E-state index in [1.165, 1.54) is 9.80 Å². The summed E-state index contributed by atoms with van der Waals surface area (Å²) in [6.45, 7) is 1.53. The molecule has 148 valence electrons. The Morgan fingerprint density at radius 2 is 2.00 bits per heavy atom. The Hall–Kier alpha value is -2.09. The smallest absolute Gasteiger partial charge is 0.229 e. The maximum absolute atomic E-state index is 13.0. The lowest BCUT2D eigenvalue weighted by Crippen LogP contribution is -3.06. The average Bonchev–Trinajstić information content (AvgIpc) is 3.11. The number of anilines is 1. The fraction of sp³-hybridized carbons (Fsp3) is 0.333. The second kappa shape index (κ2) is 9.91. The molecule has 0 saturated heterocycles. The van der Waals surface area contributed by atoms with Gasteiger partial charge in [0.2, 0.25) is 5.91 Å². The summed E-state index contributed by atoms with van der Waals surface area (Å²) in [5.41, 5.74) is 0.898. The van der Waals surface area contributed by atoms with Crippen LogP contribution in [0.25, 0.3) is 10.2 Å². The lowest BCUT2D eigenvalue weighted by molar-refractivity contribution is -0.856. The van der Waals surface area contributed by atoms with Gasteiger partial charge in [-0.05, 0) is 30.3 Å². The predicted molar refractivity (Wildman–Crippen MR) is 118 cm³/mol. The van der Waals surface area contributed by atoms with Gasteiger partial charge in [0.05, 0.1) is 44.5 Å². The second-order valence-electron chi connectivity index (χ2n) is 6.74. The third-order valence-electron chi connectivity index (χ3n) is 4.28. The minimum Gasteiger partial charge on any atom is -0.497 e. The third-order valence-corrected chi connectivity index (χ3v) is 6.33. The van der Waals surface area contributed by atoms with Crippen molar-refractivity contribution in [2.45, 2.75) is 11.3 Å². The van der Waals surface area contributed by atoms with Crippen molar-refractivity contribution in [3.8, 4) is 5.75 Å². The topological polar surface area (TPSA) is 46.9 Å². The number of amides is 1. The molecule has 3 rings (SSSR count). The number of rotatable bonds is 9. The van der Waals surface area contributed by atoms with Gasteiger partial charge in [-0.3, -0.25) is 9.69 Å². The van der Waals surface area contributed by atoms with Crippen molar-refractivity contribution in [1.82, 2.24) is 4.98 Å². The Labute approximate surface area is 174 Å². The van der Waals surface area contributed by atoms with E-state index in [4.69, 9.17) is 9.72 Å². The zero-order valence-electron chi connectivity index (χ0n) is 16.5. The van der Waals surface area contributed by atoms with Gasteiger partial charge in [-0.15, -0.1) is 11.8 Å². The lowest BCUT2D eigenvalue weighted by Gasteiger charge is -2.20. The summed E-state index contributed by atoms with van der Waals surface area (Å²) in [7, 11) is 5.84. The molecule has 0 spiro atoms. The zero-order chi connectivity index (χ0) is 19.9. The molecule has 0 aliphatic heterocycles. The number of carbonyl (C=O) groups excluding carboxylic acids is 1. The Morgan fingerprint density at radius 3 is 2.71 bits per heavy atom. The molecule has 0 saturated carbocycles. The van der Waals surface area contributed by atoms with Crippen molar-refractivity contribution in [2.24, 2.45) is 0 Å². The van der Waals surface area contributed by atoms with Gasteiger partial charge < -0.3 is 9.64 Å². The van der Waals surface area contributed by atoms with E-state index in [-0.39, 0.29) is 5.91 Å². The first-order valence-electron chi connectivity index (χ1n) is 9.28. The zero-order valence-corrected chi connectivity index (χ0v) is 18.1. The van der Waals surface area contributed by atoms with Gasteiger partial charge in [-0.2, -0.15) is 0 Å². The molecular formula is C21H26N3O2S2+. The highest BCUT2D eigenvalue weighted by Gasteiger charge is 2.20. The number of hydrogen-bond donors (Lipinski definition) is 1. The summed E-state index contributed by atoms with van der Waals surface area (Å²) < 4.78 is 6.34. The van der Waals surface area contributed by atoms with E-state index in [9.17, 15) is 4.79 Å². The number of thiazole rings is 1. The summed E-state index contributed by atoms with van der Waals surface area (Å²) in [5.74, 6) is 1.68. The maximum Gasteiger partial charge on any atom is 0.229 e. The van der Waals surface area contributed by atoms with Crippen molar-refractivity contribution < 1.29 is 14.4 Å². The summed E-state index contributed by atoms with van der Waals surface area (Å²) >= 11 is 3.25. The second-order valence-corrected chi connectivity index (χ2v) is 8.92. The van der Waals surface area contributed by atoms with Crippen LogP contribution in [0.2, 0.25) is 0 Å². The summed E-state index contributed by atoms with van der Waals surface area (Å²) in [6.07, 6.45) is 0.488. The molecule has 1 N–H and O–H groups in total. The van der Waals surface area contributed by atoms with Gasteiger partial charge >= 0.3 is 0 Å². The molecule has 0 aliphatic carbocycles. The number of nitrogens with zero attached hydrogens (tertiary/aromatic N) is 2. The van der Waals surface area contributed by atoms with E-state index in [2.05, 4.69) is 26.2 Å². The first kappa shape index (κ1) is 20.6. The van der Waals surface area contributed by atoms with Crippen LogP contribution in [0.1, 0.15) is 6.42 Å². The fourth-order valence-corrected chi connectivity index (χ4v) is 4.60. The number of nitrogens with one attached hydrogen (secondary N) is 1. The van der Waals surface area contributed by atoms with Crippen LogP contribution >= 0.6 is 23.1 Å². The molecule has 1 amide bonds. The molecule has 5 nitrogen and oxygen atoms in total. The number of carbonyl (C=O) groups is 1. The highest BCUT2D eigenvalue weighted by atomic mass is 32.2. The van der Waals surface area contributed by atoms with Crippen LogP contribution in [0, 0.1) is 0 Å². The van der Waals surface area contributed by atoms with Crippen molar-refractivity contribution in [3.05, 3.63) is 48.5 Å². The third kappa shape index (κ3) is 5.47. The minimum atomic E-state index is 0.121. The molecule has 0 atom stereocenters. The molecule has 2 aromatic carbocycles. The van der Waals surface area contributed by atoms with E-state index < -0.39 is 0 Å². The van der Waals surface area contributed by atoms with Crippen LogP contribution in [0.3, 0.4) is 0 Å². The molecule has 1 aromatic heterocycles. The number of hydrogen-bond acceptors (Lipinski definition) is 5.